The third kappa shape index (κ3) is 10.1. The third-order valence-corrected chi connectivity index (χ3v) is 16.0. The lowest BCUT2D eigenvalue weighted by Crippen LogP contribution is -2.72. The van der Waals surface area contributed by atoms with Crippen molar-refractivity contribution in [1.82, 2.24) is 0 Å². The minimum absolute atomic E-state index is 0.249. The van der Waals surface area contributed by atoms with E-state index in [9.17, 15) is 0 Å². The van der Waals surface area contributed by atoms with Crippen LogP contribution < -0.4 is 0 Å². The van der Waals surface area contributed by atoms with Gasteiger partial charge in [-0.2, -0.15) is 0 Å². The monoisotopic (exact) mass is 438 g/mol. The summed E-state index contributed by atoms with van der Waals surface area (Å²) in [4.78, 5) is 0. The van der Waals surface area contributed by atoms with Gasteiger partial charge in [0.2, 0.25) is 0 Å². The van der Waals surface area contributed by atoms with Gasteiger partial charge in [-0.25, -0.2) is 0 Å². The maximum atomic E-state index is 6.54. The van der Waals surface area contributed by atoms with Crippen LogP contribution in [0, 0.1) is 0 Å². The lowest BCUT2D eigenvalue weighted by Gasteiger charge is -2.50. The van der Waals surface area contributed by atoms with Gasteiger partial charge < -0.3 is 26.6 Å². The Balaban J connectivity index is 3.03. The van der Waals surface area contributed by atoms with Crippen molar-refractivity contribution in [3.63, 3.8) is 0 Å². The van der Waals surface area contributed by atoms with E-state index >= 15 is 0 Å². The molecule has 1 fully saturated rings. The highest BCUT2D eigenvalue weighted by molar-refractivity contribution is 6.93. The summed E-state index contributed by atoms with van der Waals surface area (Å²) in [6, 6.07) is 0. The first kappa shape index (κ1) is 25.4. The van der Waals surface area contributed by atoms with Gasteiger partial charge in [-0.1, -0.05) is 0 Å². The molecule has 0 aromatic carbocycles. The van der Waals surface area contributed by atoms with Crippen LogP contribution in [0.1, 0.15) is 62.3 Å². The minimum atomic E-state index is -2.59. The SMILES string of the molecule is CC(C)(C)OC[Si]1(C)O[Si](C)(COC(C)(C)C)O[Si](C)(COC(C)(C)C)O1. The van der Waals surface area contributed by atoms with Crippen LogP contribution in [0.4, 0.5) is 0 Å². The number of hydrogen-bond donors (Lipinski definition) is 0. The summed E-state index contributed by atoms with van der Waals surface area (Å²) in [5.41, 5.74) is -0.748. The molecule has 162 valence electrons. The first-order valence-corrected chi connectivity index (χ1v) is 17.3. The fourth-order valence-corrected chi connectivity index (χ4v) is 18.7. The van der Waals surface area contributed by atoms with E-state index < -0.39 is 25.7 Å². The van der Waals surface area contributed by atoms with E-state index in [1.165, 1.54) is 0 Å². The molecule has 0 spiro atoms. The summed E-state index contributed by atoms with van der Waals surface area (Å²) >= 11 is 0. The molecular weight excluding hydrogens is 396 g/mol. The molecule has 1 saturated heterocycles. The van der Waals surface area contributed by atoms with Crippen molar-refractivity contribution in [1.29, 1.82) is 0 Å². The second-order valence-electron chi connectivity index (χ2n) is 10.9. The third-order valence-electron chi connectivity index (χ3n) is 3.60. The van der Waals surface area contributed by atoms with Gasteiger partial charge in [0, 0.05) is 0 Å². The van der Waals surface area contributed by atoms with Crippen LogP contribution in [0.3, 0.4) is 0 Å². The van der Waals surface area contributed by atoms with Crippen LogP contribution in [-0.2, 0) is 26.6 Å². The fraction of sp³-hybridized carbons (Fsp3) is 1.00. The molecule has 0 radical (unpaired) electrons. The molecule has 0 amide bonds. The summed E-state index contributed by atoms with van der Waals surface area (Å²) in [6.45, 7) is 24.6. The Bertz CT molecular complexity index is 415. The molecule has 0 saturated carbocycles. The maximum absolute atomic E-state index is 6.54. The summed E-state index contributed by atoms with van der Waals surface area (Å²) in [7, 11) is -7.78. The summed E-state index contributed by atoms with van der Waals surface area (Å²) in [6.07, 6.45) is 1.40. The van der Waals surface area contributed by atoms with E-state index in [0.29, 0.717) is 18.7 Å². The summed E-state index contributed by atoms with van der Waals surface area (Å²) in [5, 5.41) is 0. The zero-order valence-corrected chi connectivity index (χ0v) is 22.6. The zero-order chi connectivity index (χ0) is 21.4. The van der Waals surface area contributed by atoms with Crippen LogP contribution in [0.2, 0.25) is 19.6 Å². The van der Waals surface area contributed by atoms with Gasteiger partial charge in [-0.3, -0.25) is 0 Å². The Labute approximate surface area is 170 Å². The molecule has 0 aliphatic carbocycles. The molecular formula is C18H42O6Si3. The number of rotatable bonds is 6. The Kier molecular flexibility index (Phi) is 7.79. The zero-order valence-electron chi connectivity index (χ0n) is 19.6. The smallest absolute Gasteiger partial charge is 0.344 e. The molecule has 1 aliphatic heterocycles. The van der Waals surface area contributed by atoms with Gasteiger partial charge in [0.25, 0.3) is 0 Å². The highest BCUT2D eigenvalue weighted by Crippen LogP contribution is 2.33. The predicted molar refractivity (Wildman–Crippen MR) is 115 cm³/mol. The van der Waals surface area contributed by atoms with Crippen LogP contribution in [0.15, 0.2) is 0 Å². The van der Waals surface area contributed by atoms with Crippen molar-refractivity contribution in [2.24, 2.45) is 0 Å². The molecule has 1 heterocycles. The Morgan fingerprint density at radius 2 is 0.667 bits per heavy atom. The lowest BCUT2D eigenvalue weighted by atomic mass is 10.2. The largest absolute Gasteiger partial charge is 0.413 e. The normalized spacial score (nSPS) is 33.3. The molecule has 0 aromatic rings. The van der Waals surface area contributed by atoms with Crippen molar-refractivity contribution in [3.05, 3.63) is 0 Å². The van der Waals surface area contributed by atoms with Crippen molar-refractivity contribution in [2.75, 3.05) is 18.7 Å². The van der Waals surface area contributed by atoms with E-state index in [1.807, 2.05) is 62.3 Å². The Hall–Kier alpha value is 0.411. The number of ether oxygens (including phenoxy) is 3. The van der Waals surface area contributed by atoms with E-state index in [2.05, 4.69) is 19.6 Å². The van der Waals surface area contributed by atoms with Gasteiger partial charge in [-0.05, 0) is 82.0 Å². The van der Waals surface area contributed by atoms with Crippen molar-refractivity contribution in [2.45, 2.75) is 98.8 Å². The van der Waals surface area contributed by atoms with Gasteiger partial charge in [-0.15, -0.1) is 0 Å². The molecule has 0 unspecified atom stereocenters. The van der Waals surface area contributed by atoms with Crippen molar-refractivity contribution in [3.8, 4) is 0 Å². The first-order chi connectivity index (χ1) is 11.7. The topological polar surface area (TPSA) is 55.4 Å². The van der Waals surface area contributed by atoms with Gasteiger partial charge in [0.1, 0.15) is 0 Å². The molecule has 0 aromatic heterocycles. The van der Waals surface area contributed by atoms with E-state index in [0.717, 1.165) is 0 Å². The molecule has 0 bridgehead atoms. The average molecular weight is 439 g/mol. The van der Waals surface area contributed by atoms with Crippen LogP contribution >= 0.6 is 0 Å². The summed E-state index contributed by atoms with van der Waals surface area (Å²) in [5.74, 6) is 0. The standard InChI is InChI=1S/C18H42O6Si3/c1-16(2,3)19-13-25(10)22-26(11,14-20-17(4,5)6)24-27(12,23-25)15-21-18(7,8)9/h13-15H2,1-12H3. The molecule has 1 aliphatic rings. The molecule has 0 atom stereocenters. The van der Waals surface area contributed by atoms with E-state index in [4.69, 9.17) is 26.6 Å². The Morgan fingerprint density at radius 3 is 0.815 bits per heavy atom. The number of hydrogen-bond acceptors (Lipinski definition) is 6. The summed E-state index contributed by atoms with van der Waals surface area (Å²) < 4.78 is 37.8. The van der Waals surface area contributed by atoms with Crippen LogP contribution in [0.5, 0.6) is 0 Å². The van der Waals surface area contributed by atoms with Crippen LogP contribution in [0.25, 0.3) is 0 Å². The van der Waals surface area contributed by atoms with Crippen molar-refractivity contribution < 1.29 is 26.6 Å². The van der Waals surface area contributed by atoms with Gasteiger partial charge in [0.05, 0.1) is 35.5 Å². The molecule has 27 heavy (non-hydrogen) atoms. The van der Waals surface area contributed by atoms with Crippen molar-refractivity contribution >= 4 is 25.7 Å². The highest BCUT2D eigenvalue weighted by Gasteiger charge is 2.58. The van der Waals surface area contributed by atoms with Gasteiger partial charge in [0.15, 0.2) is 0 Å². The predicted octanol–water partition coefficient (Wildman–Crippen LogP) is 4.33. The average Bonchev–Trinajstić information content (AvgIpc) is 2.38. The van der Waals surface area contributed by atoms with Gasteiger partial charge >= 0.3 is 25.7 Å². The lowest BCUT2D eigenvalue weighted by molar-refractivity contribution is -0.0128. The molecule has 0 N–H and O–H groups in total. The minimum Gasteiger partial charge on any atom is -0.413 e. The highest BCUT2D eigenvalue weighted by atomic mass is 28.5. The molecule has 9 heteroatoms. The van der Waals surface area contributed by atoms with E-state index in [1.54, 1.807) is 0 Å². The first-order valence-electron chi connectivity index (χ1n) is 9.76. The Morgan fingerprint density at radius 1 is 0.481 bits per heavy atom. The van der Waals surface area contributed by atoms with E-state index in [-0.39, 0.29) is 16.8 Å². The van der Waals surface area contributed by atoms with Crippen LogP contribution in [-0.4, -0.2) is 61.2 Å². The quantitative estimate of drug-likeness (QED) is 0.575. The second-order valence-corrected chi connectivity index (χ2v) is 21.0. The maximum Gasteiger partial charge on any atom is 0.344 e. The second kappa shape index (κ2) is 8.27. The molecule has 6 nitrogen and oxygen atoms in total. The molecule has 1 rings (SSSR count). The fourth-order valence-electron chi connectivity index (χ4n) is 2.65.